The van der Waals surface area contributed by atoms with Crippen molar-refractivity contribution in [3.63, 3.8) is 0 Å². The van der Waals surface area contributed by atoms with E-state index in [1.54, 1.807) is 0 Å². The minimum absolute atomic E-state index is 0.181. The van der Waals surface area contributed by atoms with E-state index in [2.05, 4.69) is 10.5 Å². The number of nitrogens with zero attached hydrogens (tertiary/aromatic N) is 2. The molecule has 0 fully saturated rings. The smallest absolute Gasteiger partial charge is 0.253 e. The molecule has 132 valence electrons. The maximum atomic E-state index is 12.5. The molecule has 1 amide bonds. The molecule has 0 aromatic carbocycles. The summed E-state index contributed by atoms with van der Waals surface area (Å²) in [5.74, 6) is 1.41. The summed E-state index contributed by atoms with van der Waals surface area (Å²) in [6, 6.07) is 3.66. The second-order valence-corrected chi connectivity index (χ2v) is 6.27. The Kier molecular flexibility index (Phi) is 5.83. The number of rotatable bonds is 7. The highest BCUT2D eigenvalue weighted by Gasteiger charge is 2.20. The van der Waals surface area contributed by atoms with E-state index in [1.165, 1.54) is 0 Å². The highest BCUT2D eigenvalue weighted by molar-refractivity contribution is 5.95. The van der Waals surface area contributed by atoms with Gasteiger partial charge >= 0.3 is 0 Å². The topological polar surface area (TPSA) is 80.3 Å². The number of aliphatic hydroxyl groups excluding tert-OH is 1. The average Bonchev–Trinajstić information content (AvgIpc) is 3.09. The Hall–Kier alpha value is -2.08. The van der Waals surface area contributed by atoms with Crippen molar-refractivity contribution in [1.29, 1.82) is 0 Å². The molecule has 0 saturated heterocycles. The minimum Gasteiger partial charge on any atom is -0.391 e. The molecule has 2 rings (SSSR count). The van der Waals surface area contributed by atoms with Gasteiger partial charge < -0.3 is 14.9 Å². The van der Waals surface area contributed by atoms with Crippen LogP contribution < -0.4 is 5.32 Å². The van der Waals surface area contributed by atoms with Crippen molar-refractivity contribution in [3.8, 4) is 5.82 Å². The molecule has 6 heteroatoms. The molecule has 2 aromatic rings. The van der Waals surface area contributed by atoms with Crippen LogP contribution in [0.4, 0.5) is 0 Å². The lowest BCUT2D eigenvalue weighted by Crippen LogP contribution is -2.36. The van der Waals surface area contributed by atoms with Crippen LogP contribution in [-0.2, 0) is 0 Å². The molecular weight excluding hydrogens is 306 g/mol. The van der Waals surface area contributed by atoms with Crippen LogP contribution in [0.25, 0.3) is 5.82 Å². The number of aliphatic hydroxyl groups is 1. The van der Waals surface area contributed by atoms with Crippen LogP contribution in [0.2, 0.25) is 0 Å². The highest BCUT2D eigenvalue weighted by Crippen LogP contribution is 2.21. The van der Waals surface area contributed by atoms with Crippen molar-refractivity contribution in [2.24, 2.45) is 5.92 Å². The van der Waals surface area contributed by atoms with Gasteiger partial charge in [0.25, 0.3) is 5.91 Å². The van der Waals surface area contributed by atoms with Crippen LogP contribution >= 0.6 is 0 Å². The third-order valence-electron chi connectivity index (χ3n) is 4.59. The lowest BCUT2D eigenvalue weighted by atomic mass is 9.96. The highest BCUT2D eigenvalue weighted by atomic mass is 16.5. The van der Waals surface area contributed by atoms with Gasteiger partial charge in [-0.3, -0.25) is 9.36 Å². The maximum absolute atomic E-state index is 12.5. The van der Waals surface area contributed by atoms with Gasteiger partial charge in [-0.05, 0) is 32.8 Å². The van der Waals surface area contributed by atoms with Gasteiger partial charge in [0.1, 0.15) is 5.76 Å². The molecule has 0 radical (unpaired) electrons. The number of amides is 1. The summed E-state index contributed by atoms with van der Waals surface area (Å²) in [6.07, 6.45) is 1.27. The summed E-state index contributed by atoms with van der Waals surface area (Å²) in [7, 11) is 0. The molecule has 0 bridgehead atoms. The van der Waals surface area contributed by atoms with Crippen LogP contribution in [0.15, 0.2) is 16.7 Å². The molecule has 0 aliphatic rings. The van der Waals surface area contributed by atoms with Gasteiger partial charge in [0, 0.05) is 24.0 Å². The zero-order valence-electron chi connectivity index (χ0n) is 15.1. The predicted molar refractivity (Wildman–Crippen MR) is 92.5 cm³/mol. The number of carbonyl (C=O) groups excluding carboxylic acids is 1. The van der Waals surface area contributed by atoms with Crippen LogP contribution in [0.5, 0.6) is 0 Å². The standard InChI is InChI=1S/C18H27N3O3/c1-6-14(7-2)16(22)10-19-18(23)15-8-11(3)21(13(15)5)17-9-12(4)24-20-17/h8-9,14,16,22H,6-7,10H2,1-5H3,(H,19,23). The Balaban J connectivity index is 2.14. The number of nitrogens with one attached hydrogen (secondary N) is 1. The van der Waals surface area contributed by atoms with Gasteiger partial charge in [-0.25, -0.2) is 0 Å². The molecule has 1 atom stereocenters. The molecule has 1 unspecified atom stereocenters. The fraction of sp³-hybridized carbons (Fsp3) is 0.556. The third kappa shape index (κ3) is 3.70. The van der Waals surface area contributed by atoms with Gasteiger partial charge in [-0.1, -0.05) is 31.8 Å². The van der Waals surface area contributed by atoms with Crippen molar-refractivity contribution in [2.75, 3.05) is 6.54 Å². The van der Waals surface area contributed by atoms with Crippen LogP contribution in [0.3, 0.4) is 0 Å². The van der Waals surface area contributed by atoms with E-state index in [0.717, 1.165) is 30.0 Å². The lowest BCUT2D eigenvalue weighted by molar-refractivity contribution is 0.0816. The quantitative estimate of drug-likeness (QED) is 0.816. The van der Waals surface area contributed by atoms with Crippen molar-refractivity contribution in [2.45, 2.75) is 53.6 Å². The molecule has 0 saturated carbocycles. The van der Waals surface area contributed by atoms with Gasteiger partial charge in [-0.15, -0.1) is 0 Å². The molecular formula is C18H27N3O3. The van der Waals surface area contributed by atoms with E-state index in [-0.39, 0.29) is 18.4 Å². The lowest BCUT2D eigenvalue weighted by Gasteiger charge is -2.20. The normalized spacial score (nSPS) is 12.6. The minimum atomic E-state index is -0.523. The van der Waals surface area contributed by atoms with Gasteiger partial charge in [0.15, 0.2) is 5.82 Å². The molecule has 0 aliphatic heterocycles. The van der Waals surface area contributed by atoms with Crippen molar-refractivity contribution in [3.05, 3.63) is 34.8 Å². The van der Waals surface area contributed by atoms with Gasteiger partial charge in [0.2, 0.25) is 0 Å². The first-order valence-electron chi connectivity index (χ1n) is 8.47. The van der Waals surface area contributed by atoms with Crippen LogP contribution in [0, 0.1) is 26.7 Å². The second kappa shape index (κ2) is 7.66. The summed E-state index contributed by atoms with van der Waals surface area (Å²) in [6.45, 7) is 9.99. The summed E-state index contributed by atoms with van der Waals surface area (Å²) in [4.78, 5) is 12.5. The van der Waals surface area contributed by atoms with Crippen LogP contribution in [0.1, 0.15) is 54.2 Å². The molecule has 2 N–H and O–H groups in total. The molecule has 2 aromatic heterocycles. The number of hydrogen-bond acceptors (Lipinski definition) is 4. The third-order valence-corrected chi connectivity index (χ3v) is 4.59. The van der Waals surface area contributed by atoms with E-state index < -0.39 is 6.10 Å². The monoisotopic (exact) mass is 333 g/mol. The molecule has 2 heterocycles. The van der Waals surface area contributed by atoms with E-state index in [0.29, 0.717) is 11.4 Å². The Bertz CT molecular complexity index is 698. The van der Waals surface area contributed by atoms with Crippen molar-refractivity contribution < 1.29 is 14.4 Å². The molecule has 0 aliphatic carbocycles. The number of hydrogen-bond donors (Lipinski definition) is 2. The molecule has 24 heavy (non-hydrogen) atoms. The summed E-state index contributed by atoms with van der Waals surface area (Å²) in [5.41, 5.74) is 2.30. The van der Waals surface area contributed by atoms with E-state index in [9.17, 15) is 9.90 Å². The average molecular weight is 333 g/mol. The Morgan fingerprint density at radius 2 is 1.96 bits per heavy atom. The fourth-order valence-corrected chi connectivity index (χ4v) is 3.10. The van der Waals surface area contributed by atoms with Gasteiger partial charge in [-0.2, -0.15) is 0 Å². The Morgan fingerprint density at radius 3 is 2.50 bits per heavy atom. The SMILES string of the molecule is CCC(CC)C(O)CNC(=O)c1cc(C)n(-c2cc(C)on2)c1C. The van der Waals surface area contributed by atoms with Crippen molar-refractivity contribution >= 4 is 5.91 Å². The summed E-state index contributed by atoms with van der Waals surface area (Å²) >= 11 is 0. The number of aryl methyl sites for hydroxylation is 2. The van der Waals surface area contributed by atoms with E-state index >= 15 is 0 Å². The number of aromatic nitrogens is 2. The largest absolute Gasteiger partial charge is 0.391 e. The van der Waals surface area contributed by atoms with Crippen molar-refractivity contribution in [1.82, 2.24) is 15.0 Å². The fourth-order valence-electron chi connectivity index (χ4n) is 3.10. The van der Waals surface area contributed by atoms with Crippen LogP contribution in [-0.4, -0.2) is 33.4 Å². The van der Waals surface area contributed by atoms with Gasteiger partial charge in [0.05, 0.1) is 11.7 Å². The summed E-state index contributed by atoms with van der Waals surface area (Å²) < 4.78 is 7.02. The first-order valence-corrected chi connectivity index (χ1v) is 8.47. The second-order valence-electron chi connectivity index (χ2n) is 6.27. The Labute approximate surface area is 142 Å². The van der Waals surface area contributed by atoms with E-state index in [4.69, 9.17) is 4.52 Å². The zero-order valence-corrected chi connectivity index (χ0v) is 15.1. The first-order chi connectivity index (χ1) is 11.4. The van der Waals surface area contributed by atoms with E-state index in [1.807, 2.05) is 51.3 Å². The Morgan fingerprint density at radius 1 is 1.29 bits per heavy atom. The first kappa shape index (κ1) is 18.3. The zero-order chi connectivity index (χ0) is 17.9. The molecule has 6 nitrogen and oxygen atoms in total. The predicted octanol–water partition coefficient (Wildman–Crippen LogP) is 2.92. The summed E-state index contributed by atoms with van der Waals surface area (Å²) in [5, 5.41) is 17.0. The maximum Gasteiger partial charge on any atom is 0.253 e. The molecule has 0 spiro atoms. The number of carbonyl (C=O) groups is 1.